The van der Waals surface area contributed by atoms with Crippen molar-refractivity contribution in [3.05, 3.63) is 41.7 Å². The van der Waals surface area contributed by atoms with Gasteiger partial charge in [-0.15, -0.1) is 0 Å². The second-order valence-corrected chi connectivity index (χ2v) is 5.51. The average Bonchev–Trinajstić information content (AvgIpc) is 2.97. The van der Waals surface area contributed by atoms with Crippen molar-refractivity contribution in [2.75, 3.05) is 18.0 Å². The zero-order valence-corrected chi connectivity index (χ0v) is 12.6. The minimum absolute atomic E-state index is 0.0827. The van der Waals surface area contributed by atoms with Gasteiger partial charge in [-0.05, 0) is 30.2 Å². The number of ether oxygens (including phenoxy) is 1. The van der Waals surface area contributed by atoms with Gasteiger partial charge in [-0.2, -0.15) is 0 Å². The van der Waals surface area contributed by atoms with Crippen molar-refractivity contribution >= 4 is 19.1 Å². The number of anilines is 1. The molecule has 0 amide bonds. The lowest BCUT2D eigenvalue weighted by molar-refractivity contribution is 0.215. The van der Waals surface area contributed by atoms with E-state index in [1.54, 1.807) is 12.3 Å². The second kappa shape index (κ2) is 6.36. The van der Waals surface area contributed by atoms with Crippen molar-refractivity contribution in [3.8, 4) is 5.88 Å². The zero-order chi connectivity index (χ0) is 15.5. The molecule has 1 fully saturated rings. The molecular weight excluding hydrogens is 277 g/mol. The molecule has 0 aromatic carbocycles. The van der Waals surface area contributed by atoms with Crippen molar-refractivity contribution in [2.45, 2.75) is 26.1 Å². The van der Waals surface area contributed by atoms with Crippen LogP contribution >= 0.6 is 0 Å². The molecule has 0 bridgehead atoms. The van der Waals surface area contributed by atoms with Crippen LogP contribution in [-0.2, 0) is 6.61 Å². The van der Waals surface area contributed by atoms with Gasteiger partial charge in [-0.25, -0.2) is 4.98 Å². The van der Waals surface area contributed by atoms with E-state index in [0.717, 1.165) is 30.8 Å². The molecule has 1 aliphatic heterocycles. The molecule has 2 aromatic rings. The van der Waals surface area contributed by atoms with Gasteiger partial charge in [0.25, 0.3) is 0 Å². The fraction of sp³-hybridized carbons (Fsp3) is 0.375. The molecule has 1 N–H and O–H groups in total. The highest BCUT2D eigenvalue weighted by atomic mass is 16.5. The molecule has 0 aliphatic carbocycles. The molecule has 2 aromatic heterocycles. The van der Waals surface area contributed by atoms with Crippen LogP contribution in [0.5, 0.6) is 5.88 Å². The lowest BCUT2D eigenvalue weighted by atomic mass is 10.0. The molecule has 1 aliphatic rings. The first kappa shape index (κ1) is 14.8. The van der Waals surface area contributed by atoms with Crippen LogP contribution in [0.4, 0.5) is 5.69 Å². The molecule has 3 rings (SSSR count). The Kier molecular flexibility index (Phi) is 4.29. The van der Waals surface area contributed by atoms with Crippen molar-refractivity contribution in [1.82, 2.24) is 9.97 Å². The summed E-state index contributed by atoms with van der Waals surface area (Å²) in [5.41, 5.74) is 3.05. The van der Waals surface area contributed by atoms with Crippen molar-refractivity contribution in [2.24, 2.45) is 0 Å². The number of aliphatic hydroxyl groups is 1. The third-order valence-electron chi connectivity index (χ3n) is 3.78. The molecule has 1 atom stereocenters. The lowest BCUT2D eigenvalue weighted by Gasteiger charge is -2.21. The number of aromatic nitrogens is 2. The van der Waals surface area contributed by atoms with Gasteiger partial charge in [-0.1, -0.05) is 6.07 Å². The maximum atomic E-state index is 9.44. The van der Waals surface area contributed by atoms with Crippen LogP contribution in [0.15, 0.2) is 30.5 Å². The number of aliphatic hydroxyl groups excluding tert-OH is 1. The fourth-order valence-corrected chi connectivity index (χ4v) is 2.65. The Balaban J connectivity index is 1.68. The van der Waals surface area contributed by atoms with E-state index in [4.69, 9.17) is 12.6 Å². The summed E-state index contributed by atoms with van der Waals surface area (Å²) in [5, 5.41) is 9.44. The number of aryl methyl sites for hydroxylation is 1. The zero-order valence-electron chi connectivity index (χ0n) is 12.6. The van der Waals surface area contributed by atoms with E-state index in [1.807, 2.05) is 25.1 Å². The van der Waals surface area contributed by atoms with Crippen LogP contribution in [0.1, 0.15) is 17.7 Å². The van der Waals surface area contributed by atoms with Crippen LogP contribution in [0.2, 0.25) is 0 Å². The molecule has 2 radical (unpaired) electrons. The lowest BCUT2D eigenvalue weighted by Crippen LogP contribution is -2.27. The van der Waals surface area contributed by atoms with E-state index in [9.17, 15) is 5.11 Å². The summed E-state index contributed by atoms with van der Waals surface area (Å²) < 4.78 is 5.92. The minimum atomic E-state index is -0.123. The predicted octanol–water partition coefficient (Wildman–Crippen LogP) is 0.729. The Bertz CT molecular complexity index is 648. The van der Waals surface area contributed by atoms with E-state index < -0.39 is 0 Å². The number of nitrogens with zero attached hydrogens (tertiary/aromatic N) is 3. The van der Waals surface area contributed by atoms with Gasteiger partial charge in [0.1, 0.15) is 14.0 Å². The topological polar surface area (TPSA) is 58.5 Å². The van der Waals surface area contributed by atoms with E-state index in [-0.39, 0.29) is 12.7 Å². The van der Waals surface area contributed by atoms with Crippen LogP contribution < -0.4 is 15.2 Å². The van der Waals surface area contributed by atoms with Crippen molar-refractivity contribution in [3.63, 3.8) is 0 Å². The van der Waals surface area contributed by atoms with Crippen LogP contribution in [0.3, 0.4) is 0 Å². The summed E-state index contributed by atoms with van der Waals surface area (Å²) in [6.07, 6.45) is 2.79. The number of pyridine rings is 2. The standard InChI is InChI=1S/C16H18BN3O2/c1-11-2-5-16(18-8-11)22-12-6-7-20(9-12)14-3-4-15(17)19-13(14)10-21/h2-5,8,12,21H,6-7,9-10H2,1H3. The molecule has 1 unspecified atom stereocenters. The minimum Gasteiger partial charge on any atom is -0.472 e. The Hall–Kier alpha value is -2.08. The molecule has 0 spiro atoms. The monoisotopic (exact) mass is 295 g/mol. The summed E-state index contributed by atoms with van der Waals surface area (Å²) in [6, 6.07) is 7.54. The number of hydrogen-bond donors (Lipinski definition) is 1. The normalized spacial score (nSPS) is 17.7. The highest BCUT2D eigenvalue weighted by molar-refractivity contribution is 6.30. The largest absolute Gasteiger partial charge is 0.472 e. The first-order chi connectivity index (χ1) is 10.7. The maximum Gasteiger partial charge on any atom is 0.213 e. The molecule has 6 heteroatoms. The van der Waals surface area contributed by atoms with Gasteiger partial charge in [0.05, 0.1) is 24.5 Å². The Morgan fingerprint density at radius 1 is 1.36 bits per heavy atom. The highest BCUT2D eigenvalue weighted by Gasteiger charge is 2.26. The van der Waals surface area contributed by atoms with Gasteiger partial charge in [-0.3, -0.25) is 4.98 Å². The van der Waals surface area contributed by atoms with Crippen LogP contribution in [-0.4, -0.2) is 42.1 Å². The van der Waals surface area contributed by atoms with Gasteiger partial charge < -0.3 is 14.7 Å². The fourth-order valence-electron chi connectivity index (χ4n) is 2.65. The maximum absolute atomic E-state index is 9.44. The predicted molar refractivity (Wildman–Crippen MR) is 85.8 cm³/mol. The van der Waals surface area contributed by atoms with E-state index in [1.165, 1.54) is 0 Å². The summed E-state index contributed by atoms with van der Waals surface area (Å²) in [7, 11) is 5.67. The summed E-state index contributed by atoms with van der Waals surface area (Å²) in [6.45, 7) is 3.48. The van der Waals surface area contributed by atoms with Crippen molar-refractivity contribution in [1.29, 1.82) is 0 Å². The number of rotatable bonds is 4. The third kappa shape index (κ3) is 3.22. The molecule has 112 valence electrons. The molecule has 22 heavy (non-hydrogen) atoms. The van der Waals surface area contributed by atoms with E-state index in [2.05, 4.69) is 14.9 Å². The Labute approximate surface area is 131 Å². The first-order valence-electron chi connectivity index (χ1n) is 7.36. The molecular formula is C16H18BN3O2. The SMILES string of the molecule is [B]c1ccc(N2CCC(Oc3ccc(C)cn3)C2)c(CO)n1. The Morgan fingerprint density at radius 2 is 2.23 bits per heavy atom. The van der Waals surface area contributed by atoms with Gasteiger partial charge in [0, 0.05) is 25.2 Å². The molecule has 3 heterocycles. The van der Waals surface area contributed by atoms with Gasteiger partial charge in [0.2, 0.25) is 5.88 Å². The molecule has 1 saturated heterocycles. The quantitative estimate of drug-likeness (QED) is 0.843. The van der Waals surface area contributed by atoms with Gasteiger partial charge >= 0.3 is 0 Å². The van der Waals surface area contributed by atoms with Crippen LogP contribution in [0, 0.1) is 6.92 Å². The Morgan fingerprint density at radius 3 is 2.95 bits per heavy atom. The molecule has 0 saturated carbocycles. The van der Waals surface area contributed by atoms with Gasteiger partial charge in [0.15, 0.2) is 0 Å². The second-order valence-electron chi connectivity index (χ2n) is 5.51. The molecule has 5 nitrogen and oxygen atoms in total. The average molecular weight is 295 g/mol. The van der Waals surface area contributed by atoms with E-state index in [0.29, 0.717) is 17.2 Å². The van der Waals surface area contributed by atoms with Crippen molar-refractivity contribution < 1.29 is 9.84 Å². The van der Waals surface area contributed by atoms with E-state index >= 15 is 0 Å². The first-order valence-corrected chi connectivity index (χ1v) is 7.36. The smallest absolute Gasteiger partial charge is 0.213 e. The number of hydrogen-bond acceptors (Lipinski definition) is 5. The van der Waals surface area contributed by atoms with Crippen LogP contribution in [0.25, 0.3) is 0 Å². The third-order valence-corrected chi connectivity index (χ3v) is 3.78. The summed E-state index contributed by atoms with van der Waals surface area (Å²) >= 11 is 0. The summed E-state index contributed by atoms with van der Waals surface area (Å²) in [5.74, 6) is 0.648. The summed E-state index contributed by atoms with van der Waals surface area (Å²) in [4.78, 5) is 10.6. The highest BCUT2D eigenvalue weighted by Crippen LogP contribution is 2.24.